The predicted octanol–water partition coefficient (Wildman–Crippen LogP) is 2.61. The first-order chi connectivity index (χ1) is 11.2. The molecule has 0 saturated carbocycles. The Bertz CT molecular complexity index is 592. The molecule has 3 rings (SSSR count). The van der Waals surface area contributed by atoms with E-state index in [0.717, 1.165) is 38.4 Å². The molecule has 0 N–H and O–H groups in total. The Hall–Kier alpha value is -1.88. The number of aryl methyl sites for hydroxylation is 1. The summed E-state index contributed by atoms with van der Waals surface area (Å²) in [5.41, 5.74) is 0. The molecule has 124 valence electrons. The van der Waals surface area contributed by atoms with Crippen LogP contribution in [-0.2, 0) is 6.54 Å². The number of hydrogen-bond acceptors (Lipinski definition) is 4. The number of pyridine rings is 1. The molecule has 0 unspecified atom stereocenters. The average Bonchev–Trinajstić information content (AvgIpc) is 3.04. The van der Waals surface area contributed by atoms with Crippen molar-refractivity contribution in [2.24, 2.45) is 0 Å². The molecular formula is C18H27N5. The largest absolute Gasteiger partial charge is 0.356 e. The van der Waals surface area contributed by atoms with Crippen LogP contribution in [0.15, 0.2) is 36.8 Å². The predicted molar refractivity (Wildman–Crippen MR) is 93.8 cm³/mol. The Labute approximate surface area is 139 Å². The molecule has 0 aliphatic carbocycles. The molecule has 0 radical (unpaired) electrons. The van der Waals surface area contributed by atoms with Crippen LogP contribution in [0.5, 0.6) is 0 Å². The molecular weight excluding hydrogens is 286 g/mol. The Morgan fingerprint density at radius 2 is 2.13 bits per heavy atom. The lowest BCUT2D eigenvalue weighted by Crippen LogP contribution is -2.36. The molecule has 1 saturated heterocycles. The maximum atomic E-state index is 4.67. The molecule has 23 heavy (non-hydrogen) atoms. The van der Waals surface area contributed by atoms with Crippen LogP contribution < -0.4 is 4.90 Å². The van der Waals surface area contributed by atoms with Crippen LogP contribution in [0.1, 0.15) is 31.0 Å². The first-order valence-electron chi connectivity index (χ1n) is 8.56. The van der Waals surface area contributed by atoms with Gasteiger partial charge in [0.2, 0.25) is 0 Å². The molecule has 1 fully saturated rings. The number of nitrogens with zero attached hydrogens (tertiary/aromatic N) is 5. The van der Waals surface area contributed by atoms with Crippen molar-refractivity contribution in [3.8, 4) is 0 Å². The summed E-state index contributed by atoms with van der Waals surface area (Å²) in [5, 5.41) is 0. The van der Waals surface area contributed by atoms with Crippen LogP contribution in [0.2, 0.25) is 0 Å². The maximum Gasteiger partial charge on any atom is 0.128 e. The number of anilines is 1. The summed E-state index contributed by atoms with van der Waals surface area (Å²) < 4.78 is 2.34. The first-order valence-corrected chi connectivity index (χ1v) is 8.56. The van der Waals surface area contributed by atoms with Gasteiger partial charge in [0.15, 0.2) is 0 Å². The number of imidazole rings is 1. The fraction of sp³-hybridized carbons (Fsp3) is 0.556. The monoisotopic (exact) mass is 313 g/mol. The third kappa shape index (κ3) is 4.10. The van der Waals surface area contributed by atoms with Crippen molar-refractivity contribution in [3.05, 3.63) is 42.6 Å². The minimum Gasteiger partial charge on any atom is -0.356 e. The van der Waals surface area contributed by atoms with Gasteiger partial charge in [0.25, 0.3) is 0 Å². The summed E-state index contributed by atoms with van der Waals surface area (Å²) in [7, 11) is 4.25. The van der Waals surface area contributed by atoms with Crippen molar-refractivity contribution in [2.75, 3.05) is 38.6 Å². The van der Waals surface area contributed by atoms with Gasteiger partial charge in [-0.3, -0.25) is 0 Å². The fourth-order valence-corrected chi connectivity index (χ4v) is 3.36. The van der Waals surface area contributed by atoms with Gasteiger partial charge in [0.05, 0.1) is 0 Å². The molecule has 2 aromatic heterocycles. The van der Waals surface area contributed by atoms with Crippen LogP contribution in [0.4, 0.5) is 5.82 Å². The fourth-order valence-electron chi connectivity index (χ4n) is 3.36. The van der Waals surface area contributed by atoms with Crippen LogP contribution in [-0.4, -0.2) is 53.2 Å². The number of rotatable bonds is 6. The van der Waals surface area contributed by atoms with Crippen molar-refractivity contribution >= 4 is 5.82 Å². The van der Waals surface area contributed by atoms with Crippen molar-refractivity contribution in [3.63, 3.8) is 0 Å². The van der Waals surface area contributed by atoms with Gasteiger partial charge in [-0.2, -0.15) is 0 Å². The molecule has 5 heteroatoms. The smallest absolute Gasteiger partial charge is 0.128 e. The minimum atomic E-state index is 0.500. The quantitative estimate of drug-likeness (QED) is 0.821. The summed E-state index contributed by atoms with van der Waals surface area (Å²) >= 11 is 0. The van der Waals surface area contributed by atoms with Gasteiger partial charge in [-0.05, 0) is 52.0 Å². The van der Waals surface area contributed by atoms with Gasteiger partial charge in [-0.1, -0.05) is 6.07 Å². The summed E-state index contributed by atoms with van der Waals surface area (Å²) in [4.78, 5) is 13.8. The van der Waals surface area contributed by atoms with Crippen molar-refractivity contribution in [1.29, 1.82) is 0 Å². The van der Waals surface area contributed by atoms with E-state index in [2.05, 4.69) is 56.8 Å². The zero-order chi connectivity index (χ0) is 16.1. The highest BCUT2D eigenvalue weighted by Gasteiger charge is 2.25. The lowest BCUT2D eigenvalue weighted by molar-refractivity contribution is 0.380. The molecule has 1 atom stereocenters. The zero-order valence-corrected chi connectivity index (χ0v) is 14.2. The number of hydrogen-bond donors (Lipinski definition) is 0. The Kier molecular flexibility index (Phi) is 5.28. The SMILES string of the molecule is CN(C)CCCn1ccnc1[C@@H]1CCCN(c2ccccn2)C1. The zero-order valence-electron chi connectivity index (χ0n) is 14.2. The molecule has 1 aliphatic rings. The van der Waals surface area contributed by atoms with Gasteiger partial charge >= 0.3 is 0 Å². The van der Waals surface area contributed by atoms with Gasteiger partial charge < -0.3 is 14.4 Å². The van der Waals surface area contributed by atoms with Crippen molar-refractivity contribution in [1.82, 2.24) is 19.4 Å². The molecule has 0 spiro atoms. The molecule has 2 aromatic rings. The number of aromatic nitrogens is 3. The van der Waals surface area contributed by atoms with E-state index in [4.69, 9.17) is 0 Å². The average molecular weight is 313 g/mol. The highest BCUT2D eigenvalue weighted by molar-refractivity contribution is 5.39. The van der Waals surface area contributed by atoms with E-state index in [-0.39, 0.29) is 0 Å². The number of piperidine rings is 1. The normalized spacial score (nSPS) is 18.6. The first kappa shape index (κ1) is 16.0. The van der Waals surface area contributed by atoms with Crippen LogP contribution >= 0.6 is 0 Å². The third-order valence-corrected chi connectivity index (χ3v) is 4.51. The van der Waals surface area contributed by atoms with Crippen LogP contribution in [0.3, 0.4) is 0 Å². The summed E-state index contributed by atoms with van der Waals surface area (Å²) in [6.45, 7) is 4.27. The van der Waals surface area contributed by atoms with Crippen LogP contribution in [0.25, 0.3) is 0 Å². The second kappa shape index (κ2) is 7.59. The van der Waals surface area contributed by atoms with E-state index in [1.54, 1.807) is 0 Å². The molecule has 0 bridgehead atoms. The highest BCUT2D eigenvalue weighted by atomic mass is 15.2. The maximum absolute atomic E-state index is 4.67. The molecule has 5 nitrogen and oxygen atoms in total. The van der Waals surface area contributed by atoms with E-state index in [1.807, 2.05) is 18.5 Å². The lowest BCUT2D eigenvalue weighted by Gasteiger charge is -2.33. The molecule has 3 heterocycles. The molecule has 1 aliphatic heterocycles. The molecule has 0 amide bonds. The highest BCUT2D eigenvalue weighted by Crippen LogP contribution is 2.28. The van der Waals surface area contributed by atoms with E-state index in [0.29, 0.717) is 5.92 Å². The second-order valence-electron chi connectivity index (χ2n) is 6.61. The van der Waals surface area contributed by atoms with Crippen molar-refractivity contribution in [2.45, 2.75) is 31.7 Å². The Morgan fingerprint density at radius 3 is 2.91 bits per heavy atom. The van der Waals surface area contributed by atoms with Crippen LogP contribution in [0, 0.1) is 0 Å². The standard InChI is InChI=1S/C18H27N5/c1-21(2)11-6-13-22-14-10-20-18(22)16-7-5-12-23(15-16)17-8-3-4-9-19-17/h3-4,8-10,14,16H,5-7,11-13,15H2,1-2H3/t16-/m1/s1. The summed E-state index contributed by atoms with van der Waals surface area (Å²) in [5.74, 6) is 2.83. The van der Waals surface area contributed by atoms with E-state index in [1.165, 1.54) is 18.7 Å². The third-order valence-electron chi connectivity index (χ3n) is 4.51. The Morgan fingerprint density at radius 1 is 1.22 bits per heavy atom. The molecule has 0 aromatic carbocycles. The summed E-state index contributed by atoms with van der Waals surface area (Å²) in [6.07, 6.45) is 9.53. The van der Waals surface area contributed by atoms with Gasteiger partial charge in [-0.15, -0.1) is 0 Å². The van der Waals surface area contributed by atoms with Gasteiger partial charge in [-0.25, -0.2) is 9.97 Å². The topological polar surface area (TPSA) is 37.2 Å². The van der Waals surface area contributed by atoms with Crippen molar-refractivity contribution < 1.29 is 0 Å². The summed E-state index contributed by atoms with van der Waals surface area (Å²) in [6, 6.07) is 6.14. The van der Waals surface area contributed by atoms with Gasteiger partial charge in [0.1, 0.15) is 11.6 Å². The van der Waals surface area contributed by atoms with Gasteiger partial charge in [0, 0.05) is 44.1 Å². The van der Waals surface area contributed by atoms with E-state index >= 15 is 0 Å². The second-order valence-corrected chi connectivity index (χ2v) is 6.61. The van der Waals surface area contributed by atoms with E-state index < -0.39 is 0 Å². The lowest BCUT2D eigenvalue weighted by atomic mass is 9.97. The Balaban J connectivity index is 1.66. The van der Waals surface area contributed by atoms with E-state index in [9.17, 15) is 0 Å². The minimum absolute atomic E-state index is 0.500.